The quantitative estimate of drug-likeness (QED) is 0.746. The minimum absolute atomic E-state index is 0.491. The summed E-state index contributed by atoms with van der Waals surface area (Å²) in [5.41, 5.74) is 2.17. The van der Waals surface area contributed by atoms with Crippen molar-refractivity contribution < 1.29 is 4.74 Å². The Morgan fingerprint density at radius 2 is 2.10 bits per heavy atom. The van der Waals surface area contributed by atoms with Crippen LogP contribution in [-0.2, 0) is 6.54 Å². The summed E-state index contributed by atoms with van der Waals surface area (Å²) in [5.74, 6) is 0. The van der Waals surface area contributed by atoms with Crippen LogP contribution in [0.5, 0.6) is 6.01 Å². The van der Waals surface area contributed by atoms with Gasteiger partial charge in [0.2, 0.25) is 0 Å². The number of aryl methyl sites for hydroxylation is 1. The zero-order chi connectivity index (χ0) is 14.4. The molecule has 2 rings (SSSR count). The molecule has 0 bridgehead atoms. The summed E-state index contributed by atoms with van der Waals surface area (Å²) in [5, 5.41) is 3.48. The van der Waals surface area contributed by atoms with Gasteiger partial charge in [0.1, 0.15) is 6.61 Å². The second kappa shape index (κ2) is 7.55. The maximum Gasteiger partial charge on any atom is 0.316 e. The van der Waals surface area contributed by atoms with Gasteiger partial charge in [0.25, 0.3) is 0 Å². The third-order valence-electron chi connectivity index (χ3n) is 3.75. The Hall–Kier alpha value is -1.20. The molecular weight excluding hydrogens is 252 g/mol. The number of likely N-dealkylation sites (N-methyl/N-ethyl adjacent to an activating group) is 1. The highest BCUT2D eigenvalue weighted by Crippen LogP contribution is 2.19. The number of aromatic nitrogens is 2. The van der Waals surface area contributed by atoms with E-state index in [0.29, 0.717) is 18.7 Å². The number of hydrogen-bond donors (Lipinski definition) is 1. The molecule has 1 aliphatic carbocycles. The average molecular weight is 278 g/mol. The second-order valence-electron chi connectivity index (χ2n) is 5.29. The molecule has 0 aromatic carbocycles. The molecule has 0 atom stereocenters. The molecule has 1 heterocycles. The molecule has 1 N–H and O–H groups in total. The summed E-state index contributed by atoms with van der Waals surface area (Å²) >= 11 is 0. The Morgan fingerprint density at radius 1 is 1.35 bits per heavy atom. The van der Waals surface area contributed by atoms with Crippen molar-refractivity contribution in [3.05, 3.63) is 17.5 Å². The number of ether oxygens (including phenoxy) is 1. The number of hydrogen-bond acceptors (Lipinski definition) is 5. The van der Waals surface area contributed by atoms with E-state index in [2.05, 4.69) is 34.0 Å². The normalized spacial score (nSPS) is 14.8. The van der Waals surface area contributed by atoms with Crippen LogP contribution in [-0.4, -0.2) is 47.2 Å². The average Bonchev–Trinajstić information content (AvgIpc) is 3.27. The van der Waals surface area contributed by atoms with Crippen molar-refractivity contribution in [2.75, 3.05) is 26.2 Å². The summed E-state index contributed by atoms with van der Waals surface area (Å²) in [4.78, 5) is 11.0. The molecule has 0 aliphatic heterocycles. The van der Waals surface area contributed by atoms with E-state index < -0.39 is 0 Å². The summed E-state index contributed by atoms with van der Waals surface area (Å²) in [7, 11) is 0. The molecule has 1 aromatic heterocycles. The van der Waals surface area contributed by atoms with Crippen LogP contribution < -0.4 is 10.1 Å². The van der Waals surface area contributed by atoms with E-state index in [1.54, 1.807) is 0 Å². The predicted octanol–water partition coefficient (Wildman–Crippen LogP) is 1.76. The zero-order valence-corrected chi connectivity index (χ0v) is 12.9. The molecule has 1 aromatic rings. The Morgan fingerprint density at radius 3 is 2.70 bits per heavy atom. The summed E-state index contributed by atoms with van der Waals surface area (Å²) < 4.78 is 5.63. The fourth-order valence-corrected chi connectivity index (χ4v) is 2.06. The van der Waals surface area contributed by atoms with E-state index >= 15 is 0 Å². The molecule has 0 radical (unpaired) electrons. The van der Waals surface area contributed by atoms with Crippen molar-refractivity contribution in [1.29, 1.82) is 0 Å². The Bertz CT molecular complexity index is 416. The minimum Gasteiger partial charge on any atom is -0.462 e. The van der Waals surface area contributed by atoms with E-state index in [0.717, 1.165) is 37.4 Å². The molecule has 0 unspecified atom stereocenters. The van der Waals surface area contributed by atoms with Gasteiger partial charge in [-0.3, -0.25) is 0 Å². The van der Waals surface area contributed by atoms with Crippen LogP contribution in [0.15, 0.2) is 6.20 Å². The Labute approximate surface area is 121 Å². The van der Waals surface area contributed by atoms with E-state index in [4.69, 9.17) is 4.74 Å². The lowest BCUT2D eigenvalue weighted by atomic mass is 10.2. The first-order valence-electron chi connectivity index (χ1n) is 7.64. The van der Waals surface area contributed by atoms with Crippen molar-refractivity contribution in [3.63, 3.8) is 0 Å². The number of rotatable bonds is 9. The molecular formula is C15H26N4O. The van der Waals surface area contributed by atoms with Crippen molar-refractivity contribution >= 4 is 0 Å². The lowest BCUT2D eigenvalue weighted by Crippen LogP contribution is -2.28. The van der Waals surface area contributed by atoms with Crippen LogP contribution in [0, 0.1) is 6.92 Å². The van der Waals surface area contributed by atoms with E-state index in [9.17, 15) is 0 Å². The van der Waals surface area contributed by atoms with Crippen LogP contribution in [0.3, 0.4) is 0 Å². The highest BCUT2D eigenvalue weighted by Gasteiger charge is 2.20. The molecule has 1 aliphatic rings. The molecule has 5 nitrogen and oxygen atoms in total. The first-order valence-corrected chi connectivity index (χ1v) is 7.64. The first-order chi connectivity index (χ1) is 9.72. The lowest BCUT2D eigenvalue weighted by molar-refractivity contribution is 0.212. The topological polar surface area (TPSA) is 50.3 Å². The minimum atomic E-state index is 0.491. The highest BCUT2D eigenvalue weighted by molar-refractivity contribution is 5.18. The van der Waals surface area contributed by atoms with Gasteiger partial charge in [-0.2, -0.15) is 0 Å². The van der Waals surface area contributed by atoms with Gasteiger partial charge in [0.15, 0.2) is 0 Å². The van der Waals surface area contributed by atoms with Gasteiger partial charge in [-0.25, -0.2) is 9.97 Å². The second-order valence-corrected chi connectivity index (χ2v) is 5.29. The summed E-state index contributed by atoms with van der Waals surface area (Å²) in [6.45, 7) is 10.8. The van der Waals surface area contributed by atoms with Gasteiger partial charge in [0, 0.05) is 36.6 Å². The predicted molar refractivity (Wildman–Crippen MR) is 79.9 cm³/mol. The van der Waals surface area contributed by atoms with Gasteiger partial charge in [-0.15, -0.1) is 0 Å². The highest BCUT2D eigenvalue weighted by atomic mass is 16.5. The molecule has 0 saturated heterocycles. The van der Waals surface area contributed by atoms with Crippen molar-refractivity contribution in [3.8, 4) is 6.01 Å². The van der Waals surface area contributed by atoms with Crippen LogP contribution in [0.4, 0.5) is 0 Å². The van der Waals surface area contributed by atoms with Crippen LogP contribution >= 0.6 is 0 Å². The molecule has 1 saturated carbocycles. The Kier molecular flexibility index (Phi) is 5.73. The van der Waals surface area contributed by atoms with Crippen molar-refractivity contribution in [2.45, 2.75) is 46.2 Å². The maximum atomic E-state index is 5.63. The molecule has 112 valence electrons. The maximum absolute atomic E-state index is 5.63. The van der Waals surface area contributed by atoms with Gasteiger partial charge in [-0.1, -0.05) is 13.8 Å². The molecule has 0 amide bonds. The largest absolute Gasteiger partial charge is 0.462 e. The van der Waals surface area contributed by atoms with Crippen LogP contribution in [0.1, 0.15) is 37.9 Å². The number of nitrogens with one attached hydrogen (secondary N) is 1. The van der Waals surface area contributed by atoms with Crippen molar-refractivity contribution in [2.24, 2.45) is 0 Å². The molecule has 1 fully saturated rings. The SMILES string of the molecule is CCN(CC)CCOc1ncc(CNC2CC2)c(C)n1. The van der Waals surface area contributed by atoms with Gasteiger partial charge >= 0.3 is 6.01 Å². The summed E-state index contributed by atoms with van der Waals surface area (Å²) in [6, 6.07) is 1.20. The lowest BCUT2D eigenvalue weighted by Gasteiger charge is -2.17. The van der Waals surface area contributed by atoms with E-state index in [-0.39, 0.29) is 0 Å². The van der Waals surface area contributed by atoms with E-state index in [1.165, 1.54) is 12.8 Å². The van der Waals surface area contributed by atoms with Gasteiger partial charge in [-0.05, 0) is 32.9 Å². The molecule has 5 heteroatoms. The Balaban J connectivity index is 1.78. The first kappa shape index (κ1) is 15.2. The zero-order valence-electron chi connectivity index (χ0n) is 12.9. The van der Waals surface area contributed by atoms with Crippen molar-refractivity contribution in [1.82, 2.24) is 20.2 Å². The summed E-state index contributed by atoms with van der Waals surface area (Å²) in [6.07, 6.45) is 4.48. The molecule has 0 spiro atoms. The standard InChI is InChI=1S/C15H26N4O/c1-4-19(5-2)8-9-20-15-17-11-13(12(3)18-15)10-16-14-6-7-14/h11,14,16H,4-10H2,1-3H3. The third kappa shape index (κ3) is 4.72. The fraction of sp³-hybridized carbons (Fsp3) is 0.733. The third-order valence-corrected chi connectivity index (χ3v) is 3.75. The van der Waals surface area contributed by atoms with Crippen LogP contribution in [0.2, 0.25) is 0 Å². The smallest absolute Gasteiger partial charge is 0.316 e. The monoisotopic (exact) mass is 278 g/mol. The van der Waals surface area contributed by atoms with Gasteiger partial charge < -0.3 is 15.0 Å². The number of nitrogens with zero attached hydrogens (tertiary/aromatic N) is 3. The van der Waals surface area contributed by atoms with Crippen LogP contribution in [0.25, 0.3) is 0 Å². The molecule has 20 heavy (non-hydrogen) atoms. The van der Waals surface area contributed by atoms with E-state index in [1.807, 2.05) is 13.1 Å². The fourth-order valence-electron chi connectivity index (χ4n) is 2.06. The van der Waals surface area contributed by atoms with Gasteiger partial charge in [0.05, 0.1) is 0 Å².